The van der Waals surface area contributed by atoms with Gasteiger partial charge in [0.2, 0.25) is 0 Å². The highest BCUT2D eigenvalue weighted by molar-refractivity contribution is 6.07. The lowest BCUT2D eigenvalue weighted by molar-refractivity contribution is 0.0952. The number of halogens is 1. The topological polar surface area (TPSA) is 55.1 Å². The number of hydrogen-bond acceptors (Lipinski definition) is 3. The van der Waals surface area contributed by atoms with Crippen LogP contribution in [-0.4, -0.2) is 10.9 Å². The first-order chi connectivity index (χ1) is 13.1. The Balaban J connectivity index is 1.68. The zero-order valence-electron chi connectivity index (χ0n) is 14.7. The lowest BCUT2D eigenvalue weighted by Gasteiger charge is -2.10. The molecule has 0 saturated heterocycles. The number of fused-ring (bicyclic) bond motifs is 1. The van der Waals surface area contributed by atoms with E-state index in [0.717, 1.165) is 22.2 Å². The molecule has 2 aromatic heterocycles. The van der Waals surface area contributed by atoms with Gasteiger partial charge in [-0.3, -0.25) is 4.79 Å². The van der Waals surface area contributed by atoms with Crippen LogP contribution in [0.15, 0.2) is 71.1 Å². The maximum atomic E-state index is 13.0. The molecule has 1 amide bonds. The second kappa shape index (κ2) is 7.03. The van der Waals surface area contributed by atoms with E-state index >= 15 is 0 Å². The molecular formula is C22H17FN2O2. The van der Waals surface area contributed by atoms with E-state index in [1.54, 1.807) is 18.2 Å². The van der Waals surface area contributed by atoms with Crippen molar-refractivity contribution < 1.29 is 13.6 Å². The molecule has 4 aromatic rings. The van der Waals surface area contributed by atoms with E-state index in [0.29, 0.717) is 23.6 Å². The molecule has 5 heteroatoms. The van der Waals surface area contributed by atoms with Crippen LogP contribution >= 0.6 is 0 Å². The van der Waals surface area contributed by atoms with Gasteiger partial charge in [0, 0.05) is 11.9 Å². The SMILES string of the molecule is Cc1ccc(-c2cc(C(=O)NCc3ccc(F)cc3)c3ccccc3n2)o1. The van der Waals surface area contributed by atoms with E-state index in [4.69, 9.17) is 4.42 Å². The minimum Gasteiger partial charge on any atom is -0.460 e. The molecule has 2 aromatic carbocycles. The monoisotopic (exact) mass is 360 g/mol. The summed E-state index contributed by atoms with van der Waals surface area (Å²) in [6.07, 6.45) is 0. The van der Waals surface area contributed by atoms with Gasteiger partial charge in [-0.15, -0.1) is 0 Å². The summed E-state index contributed by atoms with van der Waals surface area (Å²) in [4.78, 5) is 17.5. The third kappa shape index (κ3) is 3.58. The number of pyridine rings is 1. The molecule has 1 N–H and O–H groups in total. The molecule has 2 heterocycles. The smallest absolute Gasteiger partial charge is 0.252 e. The largest absolute Gasteiger partial charge is 0.460 e. The summed E-state index contributed by atoms with van der Waals surface area (Å²) in [7, 11) is 0. The van der Waals surface area contributed by atoms with Crippen LogP contribution in [0.3, 0.4) is 0 Å². The number of aromatic nitrogens is 1. The fourth-order valence-corrected chi connectivity index (χ4v) is 2.94. The number of para-hydroxylation sites is 1. The Hall–Kier alpha value is -3.47. The molecular weight excluding hydrogens is 343 g/mol. The van der Waals surface area contributed by atoms with Crippen LogP contribution in [0.5, 0.6) is 0 Å². The molecule has 134 valence electrons. The number of carbonyl (C=O) groups is 1. The highest BCUT2D eigenvalue weighted by Crippen LogP contribution is 2.26. The van der Waals surface area contributed by atoms with Crippen molar-refractivity contribution in [2.75, 3.05) is 0 Å². The molecule has 0 fully saturated rings. The van der Waals surface area contributed by atoms with Gasteiger partial charge < -0.3 is 9.73 Å². The molecule has 0 aliphatic carbocycles. The van der Waals surface area contributed by atoms with Crippen molar-refractivity contribution in [3.8, 4) is 11.5 Å². The van der Waals surface area contributed by atoms with Gasteiger partial charge in [0.1, 0.15) is 17.3 Å². The van der Waals surface area contributed by atoms with Crippen molar-refractivity contribution in [3.63, 3.8) is 0 Å². The molecule has 0 aliphatic rings. The third-order valence-corrected chi connectivity index (χ3v) is 4.32. The van der Waals surface area contributed by atoms with Crippen LogP contribution in [0, 0.1) is 12.7 Å². The van der Waals surface area contributed by atoms with Crippen LogP contribution in [0.25, 0.3) is 22.4 Å². The second-order valence-electron chi connectivity index (χ2n) is 6.29. The van der Waals surface area contributed by atoms with Crippen LogP contribution in [0.2, 0.25) is 0 Å². The summed E-state index contributed by atoms with van der Waals surface area (Å²) in [5.41, 5.74) is 2.67. The van der Waals surface area contributed by atoms with Gasteiger partial charge in [-0.2, -0.15) is 0 Å². The van der Waals surface area contributed by atoms with Gasteiger partial charge in [0.05, 0.1) is 11.1 Å². The Kier molecular flexibility index (Phi) is 4.42. The Morgan fingerprint density at radius 1 is 1.07 bits per heavy atom. The van der Waals surface area contributed by atoms with E-state index in [2.05, 4.69) is 10.3 Å². The van der Waals surface area contributed by atoms with Gasteiger partial charge in [-0.25, -0.2) is 9.37 Å². The minimum atomic E-state index is -0.302. The van der Waals surface area contributed by atoms with Crippen molar-refractivity contribution in [3.05, 3.63) is 89.4 Å². The Morgan fingerprint density at radius 2 is 1.85 bits per heavy atom. The first-order valence-corrected chi connectivity index (χ1v) is 8.59. The normalized spacial score (nSPS) is 10.9. The molecule has 4 rings (SSSR count). The van der Waals surface area contributed by atoms with Gasteiger partial charge >= 0.3 is 0 Å². The van der Waals surface area contributed by atoms with Gasteiger partial charge in [0.25, 0.3) is 5.91 Å². The van der Waals surface area contributed by atoms with E-state index in [9.17, 15) is 9.18 Å². The number of nitrogens with zero attached hydrogens (tertiary/aromatic N) is 1. The number of benzene rings is 2. The average Bonchev–Trinajstić information content (AvgIpc) is 3.13. The summed E-state index contributed by atoms with van der Waals surface area (Å²) in [6.45, 7) is 2.17. The maximum absolute atomic E-state index is 13.0. The molecule has 27 heavy (non-hydrogen) atoms. The molecule has 0 unspecified atom stereocenters. The van der Waals surface area contributed by atoms with E-state index in [1.807, 2.05) is 43.3 Å². The van der Waals surface area contributed by atoms with Crippen LogP contribution in [-0.2, 0) is 6.54 Å². The standard InChI is InChI=1S/C22H17FN2O2/c1-14-6-11-21(27-14)20-12-18(17-4-2-3-5-19(17)25-20)22(26)24-13-15-7-9-16(23)10-8-15/h2-12H,13H2,1H3,(H,24,26). The number of nitrogens with one attached hydrogen (secondary N) is 1. The summed E-state index contributed by atoms with van der Waals surface area (Å²) < 4.78 is 18.7. The Bertz CT molecular complexity index is 1120. The summed E-state index contributed by atoms with van der Waals surface area (Å²) in [5.74, 6) is 0.874. The zero-order valence-corrected chi connectivity index (χ0v) is 14.7. The molecule has 0 atom stereocenters. The third-order valence-electron chi connectivity index (χ3n) is 4.32. The number of furan rings is 1. The molecule has 0 bridgehead atoms. The molecule has 4 nitrogen and oxygen atoms in total. The predicted octanol–water partition coefficient (Wildman–Crippen LogP) is 4.87. The van der Waals surface area contributed by atoms with Crippen LogP contribution in [0.1, 0.15) is 21.7 Å². The quantitative estimate of drug-likeness (QED) is 0.565. The van der Waals surface area contributed by atoms with Crippen LogP contribution in [0.4, 0.5) is 4.39 Å². The van der Waals surface area contributed by atoms with E-state index < -0.39 is 0 Å². The lowest BCUT2D eigenvalue weighted by Crippen LogP contribution is -2.23. The summed E-state index contributed by atoms with van der Waals surface area (Å²) >= 11 is 0. The molecule has 0 saturated carbocycles. The van der Waals surface area contributed by atoms with Crippen molar-refractivity contribution in [1.29, 1.82) is 0 Å². The number of hydrogen-bond donors (Lipinski definition) is 1. The Labute approximate surface area is 155 Å². The summed E-state index contributed by atoms with van der Waals surface area (Å²) in [6, 6.07) is 19.0. The average molecular weight is 360 g/mol. The predicted molar refractivity (Wildman–Crippen MR) is 102 cm³/mol. The lowest BCUT2D eigenvalue weighted by atomic mass is 10.1. The Morgan fingerprint density at radius 3 is 2.59 bits per heavy atom. The fourth-order valence-electron chi connectivity index (χ4n) is 2.94. The maximum Gasteiger partial charge on any atom is 0.252 e. The number of rotatable bonds is 4. The van der Waals surface area contributed by atoms with Crippen molar-refractivity contribution in [1.82, 2.24) is 10.3 Å². The van der Waals surface area contributed by atoms with E-state index in [1.165, 1.54) is 12.1 Å². The zero-order chi connectivity index (χ0) is 18.8. The highest BCUT2D eigenvalue weighted by Gasteiger charge is 2.15. The number of amides is 1. The molecule has 0 spiro atoms. The molecule has 0 aliphatic heterocycles. The van der Waals surface area contributed by atoms with Gasteiger partial charge in [-0.05, 0) is 48.9 Å². The minimum absolute atomic E-state index is 0.220. The van der Waals surface area contributed by atoms with Crippen molar-refractivity contribution in [2.24, 2.45) is 0 Å². The number of carbonyl (C=O) groups excluding carboxylic acids is 1. The highest BCUT2D eigenvalue weighted by atomic mass is 19.1. The summed E-state index contributed by atoms with van der Waals surface area (Å²) in [5, 5.41) is 3.66. The van der Waals surface area contributed by atoms with Gasteiger partial charge in [0.15, 0.2) is 5.76 Å². The van der Waals surface area contributed by atoms with Crippen molar-refractivity contribution in [2.45, 2.75) is 13.5 Å². The fraction of sp³-hybridized carbons (Fsp3) is 0.0909. The van der Waals surface area contributed by atoms with E-state index in [-0.39, 0.29) is 11.7 Å². The van der Waals surface area contributed by atoms with Crippen LogP contribution < -0.4 is 5.32 Å². The number of aryl methyl sites for hydroxylation is 1. The van der Waals surface area contributed by atoms with Gasteiger partial charge in [-0.1, -0.05) is 30.3 Å². The first kappa shape index (κ1) is 17.0. The molecule has 0 radical (unpaired) electrons. The second-order valence-corrected chi connectivity index (χ2v) is 6.29. The van der Waals surface area contributed by atoms with Crippen molar-refractivity contribution >= 4 is 16.8 Å². The first-order valence-electron chi connectivity index (χ1n) is 8.59.